The third kappa shape index (κ3) is 4.71. The predicted octanol–water partition coefficient (Wildman–Crippen LogP) is 12.2. The summed E-state index contributed by atoms with van der Waals surface area (Å²) in [5.74, 6) is 1.49. The maximum atomic E-state index is 6.23. The van der Waals surface area contributed by atoms with E-state index in [4.69, 9.17) is 9.40 Å². The fourth-order valence-corrected chi connectivity index (χ4v) is 6.80. The summed E-state index contributed by atoms with van der Waals surface area (Å²) < 4.78 is 8.62. The van der Waals surface area contributed by atoms with Crippen LogP contribution in [0.5, 0.6) is 0 Å². The van der Waals surface area contributed by atoms with Crippen molar-refractivity contribution in [3.63, 3.8) is 0 Å². The van der Waals surface area contributed by atoms with Crippen LogP contribution in [0.25, 0.3) is 72.1 Å². The van der Waals surface area contributed by atoms with Crippen molar-refractivity contribution in [1.29, 1.82) is 0 Å². The summed E-state index contributed by atoms with van der Waals surface area (Å²) in [6.45, 7) is 9.17. The van der Waals surface area contributed by atoms with E-state index in [9.17, 15) is 0 Å². The van der Waals surface area contributed by atoms with Crippen LogP contribution in [0.1, 0.15) is 50.7 Å². The number of imidazole rings is 1. The predicted molar refractivity (Wildman–Crippen MR) is 193 cm³/mol. The van der Waals surface area contributed by atoms with Gasteiger partial charge in [-0.3, -0.25) is 4.57 Å². The van der Waals surface area contributed by atoms with Gasteiger partial charge in [0, 0.05) is 5.39 Å². The van der Waals surface area contributed by atoms with E-state index in [1.165, 1.54) is 44.3 Å². The minimum Gasteiger partial charge on any atom is -0.464 e. The van der Waals surface area contributed by atoms with Gasteiger partial charge in [0.1, 0.15) is 17.7 Å². The Bertz CT molecular complexity index is 2340. The van der Waals surface area contributed by atoms with Crippen molar-refractivity contribution in [1.82, 2.24) is 9.55 Å². The molecule has 0 atom stereocenters. The molecule has 0 amide bonds. The van der Waals surface area contributed by atoms with E-state index in [2.05, 4.69) is 160 Å². The summed E-state index contributed by atoms with van der Waals surface area (Å²) in [5.41, 5.74) is 12.5. The maximum absolute atomic E-state index is 6.23. The van der Waals surface area contributed by atoms with Gasteiger partial charge >= 0.3 is 0 Å². The molecule has 2 aromatic heterocycles. The van der Waals surface area contributed by atoms with Gasteiger partial charge in [-0.1, -0.05) is 113 Å². The van der Waals surface area contributed by atoms with Gasteiger partial charge in [-0.15, -0.1) is 0 Å². The van der Waals surface area contributed by atoms with Gasteiger partial charge < -0.3 is 4.42 Å². The summed E-state index contributed by atoms with van der Waals surface area (Å²) in [6, 6.07) is 45.6. The monoisotopic (exact) mass is 596 g/mol. The number of para-hydroxylation sites is 2. The van der Waals surface area contributed by atoms with Crippen LogP contribution < -0.4 is 0 Å². The summed E-state index contributed by atoms with van der Waals surface area (Å²) in [6.07, 6.45) is 1.88. The molecule has 0 radical (unpaired) electrons. The summed E-state index contributed by atoms with van der Waals surface area (Å²) in [7, 11) is 0. The lowest BCUT2D eigenvalue weighted by Crippen LogP contribution is -2.09. The van der Waals surface area contributed by atoms with Crippen LogP contribution in [0.15, 0.2) is 138 Å². The first-order valence-corrected chi connectivity index (χ1v) is 16.2. The maximum Gasteiger partial charge on any atom is 0.149 e. The van der Waals surface area contributed by atoms with Crippen molar-refractivity contribution in [2.75, 3.05) is 0 Å². The van der Waals surface area contributed by atoms with Crippen molar-refractivity contribution in [3.05, 3.63) is 145 Å². The first-order chi connectivity index (χ1) is 22.5. The van der Waals surface area contributed by atoms with E-state index < -0.39 is 0 Å². The van der Waals surface area contributed by atoms with Gasteiger partial charge in [-0.2, -0.15) is 0 Å². The number of rotatable bonds is 6. The van der Waals surface area contributed by atoms with Crippen LogP contribution >= 0.6 is 0 Å². The number of benzene rings is 6. The molecule has 0 saturated carbocycles. The van der Waals surface area contributed by atoms with Gasteiger partial charge in [0.25, 0.3) is 0 Å². The highest BCUT2D eigenvalue weighted by atomic mass is 16.3. The molecule has 0 spiro atoms. The number of furan rings is 1. The molecule has 3 heteroatoms. The molecule has 0 unspecified atom stereocenters. The molecule has 6 aromatic carbocycles. The zero-order chi connectivity index (χ0) is 31.4. The molecule has 8 rings (SSSR count). The summed E-state index contributed by atoms with van der Waals surface area (Å²) in [5, 5.41) is 3.53. The topological polar surface area (TPSA) is 31.0 Å². The Morgan fingerprint density at radius 3 is 1.98 bits per heavy atom. The highest BCUT2D eigenvalue weighted by Crippen LogP contribution is 2.42. The van der Waals surface area contributed by atoms with E-state index >= 15 is 0 Å². The van der Waals surface area contributed by atoms with Crippen molar-refractivity contribution in [3.8, 4) is 39.3 Å². The molecule has 46 heavy (non-hydrogen) atoms. The molecule has 0 N–H and O–H groups in total. The summed E-state index contributed by atoms with van der Waals surface area (Å²) in [4.78, 5) is 5.31. The highest BCUT2D eigenvalue weighted by molar-refractivity contribution is 5.98. The highest BCUT2D eigenvalue weighted by Gasteiger charge is 2.25. The average Bonchev–Trinajstić information content (AvgIpc) is 3.68. The Morgan fingerprint density at radius 2 is 1.22 bits per heavy atom. The molecular formula is C43H36N2O. The Kier molecular flexibility index (Phi) is 6.83. The van der Waals surface area contributed by atoms with Gasteiger partial charge in [0.05, 0.1) is 22.3 Å². The van der Waals surface area contributed by atoms with Gasteiger partial charge in [-0.05, 0) is 98.5 Å². The Hall–Kier alpha value is -5.41. The lowest BCUT2D eigenvalue weighted by molar-refractivity contribution is 0.616. The SMILES string of the molecule is CC(C)c1cc(-c2ccccc2)cc(C(C)C)c1-n1c(-c2coc3ccc(-c4ccc5ccccc5c4)cc23)nc2ccccc21. The zero-order valence-electron chi connectivity index (χ0n) is 26.7. The Balaban J connectivity index is 1.38. The zero-order valence-corrected chi connectivity index (χ0v) is 26.7. The largest absolute Gasteiger partial charge is 0.464 e. The Morgan fingerprint density at radius 1 is 0.565 bits per heavy atom. The quantitative estimate of drug-likeness (QED) is 0.191. The van der Waals surface area contributed by atoms with Crippen molar-refractivity contribution < 1.29 is 4.42 Å². The van der Waals surface area contributed by atoms with Crippen molar-refractivity contribution in [2.45, 2.75) is 39.5 Å². The molecule has 0 aliphatic carbocycles. The van der Waals surface area contributed by atoms with Gasteiger partial charge in [-0.25, -0.2) is 4.98 Å². The fourth-order valence-electron chi connectivity index (χ4n) is 6.80. The second-order valence-electron chi connectivity index (χ2n) is 12.9. The second-order valence-corrected chi connectivity index (χ2v) is 12.9. The number of hydrogen-bond acceptors (Lipinski definition) is 2. The number of nitrogens with zero attached hydrogens (tertiary/aromatic N) is 2. The minimum absolute atomic E-state index is 0.297. The molecule has 0 aliphatic rings. The minimum atomic E-state index is 0.297. The lowest BCUT2D eigenvalue weighted by atomic mass is 9.88. The van der Waals surface area contributed by atoms with Gasteiger partial charge in [0.2, 0.25) is 0 Å². The fraction of sp³-hybridized carbons (Fsp3) is 0.140. The smallest absolute Gasteiger partial charge is 0.149 e. The standard InChI is InChI=1S/C43H36N2O/c1-27(2)35-24-34(29-12-6-5-7-13-29)25-36(28(3)4)42(35)45-40-17-11-10-16-39(40)44-43(45)38-26-46-41-21-20-33(23-37(38)41)32-19-18-30-14-8-9-15-31(30)22-32/h5-28H,1-4H3. The molecular weight excluding hydrogens is 560 g/mol. The van der Waals surface area contributed by atoms with Crippen LogP contribution in [0.2, 0.25) is 0 Å². The van der Waals surface area contributed by atoms with E-state index in [0.29, 0.717) is 11.8 Å². The molecule has 0 saturated heterocycles. The van der Waals surface area contributed by atoms with Crippen LogP contribution in [0.3, 0.4) is 0 Å². The first kappa shape index (κ1) is 28.1. The van der Waals surface area contributed by atoms with Crippen LogP contribution in [-0.4, -0.2) is 9.55 Å². The van der Waals surface area contributed by atoms with Crippen molar-refractivity contribution >= 4 is 32.8 Å². The lowest BCUT2D eigenvalue weighted by Gasteiger charge is -2.24. The summed E-state index contributed by atoms with van der Waals surface area (Å²) >= 11 is 0. The normalized spacial score (nSPS) is 11.9. The van der Waals surface area contributed by atoms with E-state index in [1.807, 2.05) is 6.26 Å². The third-order valence-corrected chi connectivity index (χ3v) is 9.20. The molecule has 8 aromatic rings. The molecule has 224 valence electrons. The van der Waals surface area contributed by atoms with E-state index in [-0.39, 0.29) is 0 Å². The number of fused-ring (bicyclic) bond motifs is 3. The van der Waals surface area contributed by atoms with Gasteiger partial charge in [0.15, 0.2) is 0 Å². The van der Waals surface area contributed by atoms with Crippen LogP contribution in [-0.2, 0) is 0 Å². The first-order valence-electron chi connectivity index (χ1n) is 16.2. The van der Waals surface area contributed by atoms with E-state index in [1.54, 1.807) is 0 Å². The van der Waals surface area contributed by atoms with Crippen LogP contribution in [0.4, 0.5) is 0 Å². The van der Waals surface area contributed by atoms with E-state index in [0.717, 1.165) is 39.0 Å². The molecule has 0 aliphatic heterocycles. The van der Waals surface area contributed by atoms with Crippen molar-refractivity contribution in [2.24, 2.45) is 0 Å². The average molecular weight is 597 g/mol. The molecule has 2 heterocycles. The second kappa shape index (κ2) is 11.2. The number of hydrogen-bond donors (Lipinski definition) is 0. The van der Waals surface area contributed by atoms with Crippen LogP contribution in [0, 0.1) is 0 Å². The molecule has 3 nitrogen and oxygen atoms in total. The third-order valence-electron chi connectivity index (χ3n) is 9.20. The Labute approximate surface area is 269 Å². The number of aromatic nitrogens is 2. The molecule has 0 fully saturated rings. The molecule has 0 bridgehead atoms.